The highest BCUT2D eigenvalue weighted by molar-refractivity contribution is 5.39. The Hall–Kier alpha value is -1.09. The van der Waals surface area contributed by atoms with Gasteiger partial charge < -0.3 is 10.2 Å². The van der Waals surface area contributed by atoms with E-state index < -0.39 is 0 Å². The molecule has 1 heterocycles. The second-order valence-electron chi connectivity index (χ2n) is 4.69. The van der Waals surface area contributed by atoms with Gasteiger partial charge in [-0.05, 0) is 37.4 Å². The molecule has 1 aromatic rings. The quantitative estimate of drug-likeness (QED) is 0.681. The largest absolute Gasteiger partial charge is 0.357 e. The predicted octanol–water partition coefficient (Wildman–Crippen LogP) is 3.21. The van der Waals surface area contributed by atoms with Crippen molar-refractivity contribution in [3.63, 3.8) is 0 Å². The summed E-state index contributed by atoms with van der Waals surface area (Å²) in [6.07, 6.45) is 5.51. The molecule has 0 aliphatic rings. The lowest BCUT2D eigenvalue weighted by molar-refractivity contribution is 0.673. The fourth-order valence-electron chi connectivity index (χ4n) is 2.00. The second kappa shape index (κ2) is 8.92. The molecule has 1 aromatic heterocycles. The van der Waals surface area contributed by atoms with Crippen molar-refractivity contribution in [3.8, 4) is 0 Å². The first-order valence-corrected chi connectivity index (χ1v) is 7.22. The molecule has 0 aromatic carbocycles. The summed E-state index contributed by atoms with van der Waals surface area (Å²) in [6.45, 7) is 10.8. The minimum Gasteiger partial charge on any atom is -0.357 e. The van der Waals surface area contributed by atoms with Crippen LogP contribution in [0.2, 0.25) is 0 Å². The second-order valence-corrected chi connectivity index (χ2v) is 4.69. The van der Waals surface area contributed by atoms with Crippen LogP contribution in [0.1, 0.15) is 45.6 Å². The molecule has 0 spiro atoms. The maximum Gasteiger partial charge on any atom is 0.128 e. The van der Waals surface area contributed by atoms with Crippen LogP contribution in [-0.4, -0.2) is 24.6 Å². The van der Waals surface area contributed by atoms with Gasteiger partial charge in [0.15, 0.2) is 0 Å². The fourth-order valence-corrected chi connectivity index (χ4v) is 2.00. The van der Waals surface area contributed by atoms with Gasteiger partial charge in [0, 0.05) is 25.8 Å². The van der Waals surface area contributed by atoms with E-state index in [-0.39, 0.29) is 0 Å². The lowest BCUT2D eigenvalue weighted by atomic mass is 10.2. The maximum atomic E-state index is 4.58. The van der Waals surface area contributed by atoms with E-state index in [0.29, 0.717) is 0 Å². The smallest absolute Gasteiger partial charge is 0.128 e. The summed E-state index contributed by atoms with van der Waals surface area (Å²) in [5, 5.41) is 3.40. The van der Waals surface area contributed by atoms with E-state index in [1.165, 1.54) is 24.8 Å². The summed E-state index contributed by atoms with van der Waals surface area (Å²) in [6, 6.07) is 4.33. The number of anilines is 1. The maximum absolute atomic E-state index is 4.58. The Morgan fingerprint density at radius 2 is 1.78 bits per heavy atom. The van der Waals surface area contributed by atoms with Crippen molar-refractivity contribution in [3.05, 3.63) is 23.9 Å². The van der Waals surface area contributed by atoms with E-state index in [1.54, 1.807) is 0 Å². The average Bonchev–Trinajstić information content (AvgIpc) is 2.40. The van der Waals surface area contributed by atoms with Crippen LogP contribution in [0.4, 0.5) is 5.82 Å². The van der Waals surface area contributed by atoms with E-state index >= 15 is 0 Å². The topological polar surface area (TPSA) is 28.2 Å². The van der Waals surface area contributed by atoms with Gasteiger partial charge in [0.05, 0.1) is 0 Å². The van der Waals surface area contributed by atoms with Crippen molar-refractivity contribution < 1.29 is 0 Å². The van der Waals surface area contributed by atoms with Crippen LogP contribution in [0.3, 0.4) is 0 Å². The SMILES string of the molecule is CCCNCc1ccc(N(CCC)CCC)nc1. The van der Waals surface area contributed by atoms with Gasteiger partial charge in [-0.25, -0.2) is 4.98 Å². The number of nitrogens with one attached hydrogen (secondary N) is 1. The highest BCUT2D eigenvalue weighted by Gasteiger charge is 2.05. The molecule has 0 fully saturated rings. The first-order chi connectivity index (χ1) is 8.81. The number of hydrogen-bond acceptors (Lipinski definition) is 3. The molecule has 3 heteroatoms. The lowest BCUT2D eigenvalue weighted by Crippen LogP contribution is -2.25. The van der Waals surface area contributed by atoms with E-state index in [2.05, 4.69) is 48.1 Å². The van der Waals surface area contributed by atoms with Crippen LogP contribution in [0.5, 0.6) is 0 Å². The third kappa shape index (κ3) is 5.05. The molecule has 0 saturated carbocycles. The summed E-state index contributed by atoms with van der Waals surface area (Å²) in [7, 11) is 0. The Kier molecular flexibility index (Phi) is 7.42. The van der Waals surface area contributed by atoms with Crippen molar-refractivity contribution in [2.45, 2.75) is 46.6 Å². The van der Waals surface area contributed by atoms with Crippen molar-refractivity contribution in [1.29, 1.82) is 0 Å². The van der Waals surface area contributed by atoms with Crippen LogP contribution < -0.4 is 10.2 Å². The third-order valence-corrected chi connectivity index (χ3v) is 2.88. The number of hydrogen-bond donors (Lipinski definition) is 1. The zero-order valence-electron chi connectivity index (χ0n) is 12.1. The standard InChI is InChI=1S/C15H27N3/c1-4-9-16-12-14-7-8-15(17-13-14)18(10-5-2)11-6-3/h7-8,13,16H,4-6,9-12H2,1-3H3. The van der Waals surface area contributed by atoms with Crippen LogP contribution in [0.15, 0.2) is 18.3 Å². The third-order valence-electron chi connectivity index (χ3n) is 2.88. The predicted molar refractivity (Wildman–Crippen MR) is 79.0 cm³/mol. The molecule has 102 valence electrons. The van der Waals surface area contributed by atoms with Gasteiger partial charge in [0.25, 0.3) is 0 Å². The van der Waals surface area contributed by atoms with Crippen molar-refractivity contribution in [2.24, 2.45) is 0 Å². The first kappa shape index (κ1) is 15.0. The molecule has 0 saturated heterocycles. The Balaban J connectivity index is 2.56. The molecule has 18 heavy (non-hydrogen) atoms. The number of aromatic nitrogens is 1. The minimum absolute atomic E-state index is 0.919. The molecule has 0 amide bonds. The molecule has 0 aliphatic heterocycles. The van der Waals surface area contributed by atoms with E-state index in [9.17, 15) is 0 Å². The zero-order chi connectivity index (χ0) is 13.2. The Labute approximate surface area is 112 Å². The highest BCUT2D eigenvalue weighted by atomic mass is 15.2. The number of nitrogens with zero attached hydrogens (tertiary/aromatic N) is 2. The molecule has 1 rings (SSSR count). The summed E-state index contributed by atoms with van der Waals surface area (Å²) in [4.78, 5) is 6.95. The first-order valence-electron chi connectivity index (χ1n) is 7.22. The summed E-state index contributed by atoms with van der Waals surface area (Å²) in [5.41, 5.74) is 1.26. The Morgan fingerprint density at radius 3 is 2.28 bits per heavy atom. The van der Waals surface area contributed by atoms with Gasteiger partial charge in [0.1, 0.15) is 5.82 Å². The number of pyridine rings is 1. The molecular formula is C15H27N3. The lowest BCUT2D eigenvalue weighted by Gasteiger charge is -2.22. The van der Waals surface area contributed by atoms with Gasteiger partial charge >= 0.3 is 0 Å². The van der Waals surface area contributed by atoms with Gasteiger partial charge in [-0.15, -0.1) is 0 Å². The molecular weight excluding hydrogens is 222 g/mol. The minimum atomic E-state index is 0.919. The summed E-state index contributed by atoms with van der Waals surface area (Å²) < 4.78 is 0. The van der Waals surface area contributed by atoms with Crippen LogP contribution in [-0.2, 0) is 6.54 Å². The van der Waals surface area contributed by atoms with Gasteiger partial charge in [0.2, 0.25) is 0 Å². The van der Waals surface area contributed by atoms with Crippen LogP contribution in [0.25, 0.3) is 0 Å². The molecule has 1 N–H and O–H groups in total. The molecule has 0 aliphatic carbocycles. The van der Waals surface area contributed by atoms with Gasteiger partial charge in [-0.1, -0.05) is 26.8 Å². The molecule has 0 radical (unpaired) electrons. The Bertz CT molecular complexity index is 302. The zero-order valence-corrected chi connectivity index (χ0v) is 12.1. The summed E-state index contributed by atoms with van der Waals surface area (Å²) >= 11 is 0. The highest BCUT2D eigenvalue weighted by Crippen LogP contribution is 2.12. The normalized spacial score (nSPS) is 10.6. The van der Waals surface area contributed by atoms with Crippen LogP contribution >= 0.6 is 0 Å². The molecule has 0 atom stereocenters. The monoisotopic (exact) mass is 249 g/mol. The van der Waals surface area contributed by atoms with Gasteiger partial charge in [-0.3, -0.25) is 0 Å². The van der Waals surface area contributed by atoms with Crippen LogP contribution in [0, 0.1) is 0 Å². The average molecular weight is 249 g/mol. The van der Waals surface area contributed by atoms with E-state index in [0.717, 1.165) is 32.0 Å². The Morgan fingerprint density at radius 1 is 1.06 bits per heavy atom. The molecule has 3 nitrogen and oxygen atoms in total. The fraction of sp³-hybridized carbons (Fsp3) is 0.667. The van der Waals surface area contributed by atoms with Crippen molar-refractivity contribution in [1.82, 2.24) is 10.3 Å². The number of rotatable bonds is 9. The van der Waals surface area contributed by atoms with Gasteiger partial charge in [-0.2, -0.15) is 0 Å². The summed E-state index contributed by atoms with van der Waals surface area (Å²) in [5.74, 6) is 1.11. The molecule has 0 unspecified atom stereocenters. The van der Waals surface area contributed by atoms with Crippen molar-refractivity contribution in [2.75, 3.05) is 24.5 Å². The van der Waals surface area contributed by atoms with E-state index in [4.69, 9.17) is 0 Å². The van der Waals surface area contributed by atoms with Crippen molar-refractivity contribution >= 4 is 5.82 Å². The van der Waals surface area contributed by atoms with E-state index in [1.807, 2.05) is 6.20 Å². The molecule has 0 bridgehead atoms.